The third-order valence-corrected chi connectivity index (χ3v) is 2.90. The molecule has 2 aromatic carbocycles. The molecule has 0 atom stereocenters. The summed E-state index contributed by atoms with van der Waals surface area (Å²) in [6.45, 7) is 2.10. The van der Waals surface area contributed by atoms with Gasteiger partial charge in [-0.1, -0.05) is 30.3 Å². The molecule has 112 valence electrons. The fourth-order valence-electron chi connectivity index (χ4n) is 1.82. The molecule has 1 N–H and O–H groups in total. The number of carbonyl (C=O) groups excluding carboxylic acids is 2. The SMILES string of the molecule is CCOC(=O)C=Cc1ccc(C(=O)Nc2ccccc2)cc1. The Morgan fingerprint density at radius 3 is 2.36 bits per heavy atom. The van der Waals surface area contributed by atoms with Crippen molar-refractivity contribution in [1.82, 2.24) is 0 Å². The molecule has 22 heavy (non-hydrogen) atoms. The third kappa shape index (κ3) is 4.59. The summed E-state index contributed by atoms with van der Waals surface area (Å²) >= 11 is 0. The minimum absolute atomic E-state index is 0.174. The summed E-state index contributed by atoms with van der Waals surface area (Å²) in [4.78, 5) is 23.3. The Balaban J connectivity index is 1.99. The average molecular weight is 295 g/mol. The lowest BCUT2D eigenvalue weighted by Crippen LogP contribution is -2.11. The first-order valence-corrected chi connectivity index (χ1v) is 7.00. The van der Waals surface area contributed by atoms with Crippen molar-refractivity contribution in [2.45, 2.75) is 6.92 Å². The van der Waals surface area contributed by atoms with Gasteiger partial charge in [0.25, 0.3) is 5.91 Å². The fraction of sp³-hybridized carbons (Fsp3) is 0.111. The highest BCUT2D eigenvalue weighted by molar-refractivity contribution is 6.04. The summed E-state index contributed by atoms with van der Waals surface area (Å²) in [5, 5.41) is 2.81. The summed E-state index contributed by atoms with van der Waals surface area (Å²) in [5.74, 6) is -0.555. The van der Waals surface area contributed by atoms with Gasteiger partial charge in [0.1, 0.15) is 0 Å². The molecule has 4 nitrogen and oxygen atoms in total. The van der Waals surface area contributed by atoms with Gasteiger partial charge in [-0.05, 0) is 42.8 Å². The number of carbonyl (C=O) groups is 2. The van der Waals surface area contributed by atoms with Crippen molar-refractivity contribution in [2.75, 3.05) is 11.9 Å². The minimum atomic E-state index is -0.381. The van der Waals surface area contributed by atoms with Crippen molar-refractivity contribution in [3.8, 4) is 0 Å². The van der Waals surface area contributed by atoms with E-state index in [-0.39, 0.29) is 11.9 Å². The number of anilines is 1. The van der Waals surface area contributed by atoms with Crippen LogP contribution >= 0.6 is 0 Å². The van der Waals surface area contributed by atoms with E-state index in [4.69, 9.17) is 4.74 Å². The van der Waals surface area contributed by atoms with E-state index < -0.39 is 0 Å². The van der Waals surface area contributed by atoms with Crippen molar-refractivity contribution < 1.29 is 14.3 Å². The van der Waals surface area contributed by atoms with Crippen molar-refractivity contribution in [2.24, 2.45) is 0 Å². The second-order valence-corrected chi connectivity index (χ2v) is 4.53. The van der Waals surface area contributed by atoms with Crippen LogP contribution in [0, 0.1) is 0 Å². The molecule has 0 saturated heterocycles. The number of esters is 1. The topological polar surface area (TPSA) is 55.4 Å². The molecule has 0 saturated carbocycles. The lowest BCUT2D eigenvalue weighted by molar-refractivity contribution is -0.137. The third-order valence-electron chi connectivity index (χ3n) is 2.90. The minimum Gasteiger partial charge on any atom is -0.463 e. The predicted octanol–water partition coefficient (Wildman–Crippen LogP) is 3.52. The summed E-state index contributed by atoms with van der Waals surface area (Å²) in [6, 6.07) is 16.2. The van der Waals surface area contributed by atoms with Gasteiger partial charge < -0.3 is 10.1 Å². The summed E-state index contributed by atoms with van der Waals surface area (Å²) in [5.41, 5.74) is 2.13. The molecule has 2 rings (SSSR count). The standard InChI is InChI=1S/C18H17NO3/c1-2-22-17(20)13-10-14-8-11-15(12-9-14)18(21)19-16-6-4-3-5-7-16/h3-13H,2H2,1H3,(H,19,21). The maximum atomic E-state index is 12.1. The van der Waals surface area contributed by atoms with Crippen LogP contribution in [0.5, 0.6) is 0 Å². The normalized spacial score (nSPS) is 10.4. The molecule has 1 amide bonds. The number of ether oxygens (including phenoxy) is 1. The van der Waals surface area contributed by atoms with Crippen molar-refractivity contribution in [3.05, 3.63) is 71.8 Å². The molecule has 0 aromatic heterocycles. The largest absolute Gasteiger partial charge is 0.463 e. The van der Waals surface area contributed by atoms with E-state index in [1.807, 2.05) is 30.3 Å². The van der Waals surface area contributed by atoms with Crippen LogP contribution in [0.15, 0.2) is 60.7 Å². The first kappa shape index (κ1) is 15.5. The quantitative estimate of drug-likeness (QED) is 0.678. The van der Waals surface area contributed by atoms with Gasteiger partial charge in [-0.3, -0.25) is 4.79 Å². The molecule has 0 unspecified atom stereocenters. The lowest BCUT2D eigenvalue weighted by Gasteiger charge is -2.05. The molecule has 0 aliphatic heterocycles. The van der Waals surface area contributed by atoms with Crippen LogP contribution in [0.25, 0.3) is 6.08 Å². The Labute approximate surface area is 129 Å². The van der Waals surface area contributed by atoms with Crippen LogP contribution < -0.4 is 5.32 Å². The zero-order chi connectivity index (χ0) is 15.8. The first-order valence-electron chi connectivity index (χ1n) is 7.00. The van der Waals surface area contributed by atoms with E-state index in [0.717, 1.165) is 11.3 Å². The smallest absolute Gasteiger partial charge is 0.330 e. The zero-order valence-electron chi connectivity index (χ0n) is 12.3. The molecule has 0 bridgehead atoms. The molecule has 0 spiro atoms. The van der Waals surface area contributed by atoms with Gasteiger partial charge in [-0.15, -0.1) is 0 Å². The van der Waals surface area contributed by atoms with Crippen LogP contribution in [0.1, 0.15) is 22.8 Å². The fourth-order valence-corrected chi connectivity index (χ4v) is 1.82. The maximum absolute atomic E-state index is 12.1. The van der Waals surface area contributed by atoms with Crippen LogP contribution in [-0.2, 0) is 9.53 Å². The molecule has 0 radical (unpaired) electrons. The lowest BCUT2D eigenvalue weighted by atomic mass is 10.1. The number of benzene rings is 2. The number of para-hydroxylation sites is 1. The van der Waals surface area contributed by atoms with E-state index in [0.29, 0.717) is 12.2 Å². The second-order valence-electron chi connectivity index (χ2n) is 4.53. The monoisotopic (exact) mass is 295 g/mol. The average Bonchev–Trinajstić information content (AvgIpc) is 2.54. The van der Waals surface area contributed by atoms with Crippen LogP contribution in [-0.4, -0.2) is 18.5 Å². The zero-order valence-corrected chi connectivity index (χ0v) is 12.3. The van der Waals surface area contributed by atoms with Crippen LogP contribution in [0.3, 0.4) is 0 Å². The maximum Gasteiger partial charge on any atom is 0.330 e. The van der Waals surface area contributed by atoms with Crippen molar-refractivity contribution in [1.29, 1.82) is 0 Å². The van der Waals surface area contributed by atoms with Gasteiger partial charge in [0.2, 0.25) is 0 Å². The Morgan fingerprint density at radius 1 is 1.05 bits per heavy atom. The number of nitrogens with one attached hydrogen (secondary N) is 1. The highest BCUT2D eigenvalue weighted by Crippen LogP contribution is 2.10. The van der Waals surface area contributed by atoms with E-state index in [9.17, 15) is 9.59 Å². The number of amides is 1. The number of hydrogen-bond acceptors (Lipinski definition) is 3. The van der Waals surface area contributed by atoms with E-state index in [1.165, 1.54) is 6.08 Å². The summed E-state index contributed by atoms with van der Waals surface area (Å²) < 4.78 is 4.80. The number of hydrogen-bond donors (Lipinski definition) is 1. The highest BCUT2D eigenvalue weighted by Gasteiger charge is 2.05. The van der Waals surface area contributed by atoms with Crippen LogP contribution in [0.4, 0.5) is 5.69 Å². The van der Waals surface area contributed by atoms with Crippen LogP contribution in [0.2, 0.25) is 0 Å². The Bertz CT molecular complexity index is 660. The van der Waals surface area contributed by atoms with Gasteiger partial charge in [0.05, 0.1) is 6.61 Å². The molecular weight excluding hydrogens is 278 g/mol. The van der Waals surface area contributed by atoms with Gasteiger partial charge >= 0.3 is 5.97 Å². The Hall–Kier alpha value is -2.88. The van der Waals surface area contributed by atoms with Crippen molar-refractivity contribution in [3.63, 3.8) is 0 Å². The van der Waals surface area contributed by atoms with Gasteiger partial charge in [0.15, 0.2) is 0 Å². The molecule has 0 aliphatic carbocycles. The van der Waals surface area contributed by atoms with Crippen molar-refractivity contribution >= 4 is 23.6 Å². The molecule has 2 aromatic rings. The Kier molecular flexibility index (Phi) is 5.49. The molecule has 0 heterocycles. The van der Waals surface area contributed by atoms with E-state index in [1.54, 1.807) is 37.3 Å². The Morgan fingerprint density at radius 2 is 1.73 bits per heavy atom. The highest BCUT2D eigenvalue weighted by atomic mass is 16.5. The van der Waals surface area contributed by atoms with E-state index in [2.05, 4.69) is 5.32 Å². The van der Waals surface area contributed by atoms with Gasteiger partial charge in [-0.2, -0.15) is 0 Å². The molecule has 0 aliphatic rings. The molecular formula is C18H17NO3. The summed E-state index contributed by atoms with van der Waals surface area (Å²) in [6.07, 6.45) is 3.01. The van der Waals surface area contributed by atoms with Gasteiger partial charge in [0, 0.05) is 17.3 Å². The molecule has 0 fully saturated rings. The number of rotatable bonds is 5. The predicted molar refractivity (Wildman–Crippen MR) is 86.5 cm³/mol. The van der Waals surface area contributed by atoms with E-state index >= 15 is 0 Å². The first-order chi connectivity index (χ1) is 10.7. The second kappa shape index (κ2) is 7.78. The molecule has 4 heteroatoms. The van der Waals surface area contributed by atoms with Gasteiger partial charge in [-0.25, -0.2) is 4.79 Å². The summed E-state index contributed by atoms with van der Waals surface area (Å²) in [7, 11) is 0.